The van der Waals surface area contributed by atoms with Gasteiger partial charge in [-0.2, -0.15) is 0 Å². The minimum atomic E-state index is -0.750. The Morgan fingerprint density at radius 1 is 0.857 bits per heavy atom. The number of likely N-dealkylation sites (tertiary alicyclic amines) is 1. The minimum absolute atomic E-state index is 0.136. The Hall–Kier alpha value is -1.06. The third kappa shape index (κ3) is 2.47. The van der Waals surface area contributed by atoms with E-state index in [0.29, 0.717) is 5.92 Å². The Kier molecular flexibility index (Phi) is 3.98. The summed E-state index contributed by atoms with van der Waals surface area (Å²) in [5.41, 5.74) is 0. The fraction of sp³-hybridized carbons (Fsp3) is 0.882. The van der Waals surface area contributed by atoms with Gasteiger partial charge in [-0.1, -0.05) is 0 Å². The average Bonchev–Trinajstić information content (AvgIpc) is 2.47. The predicted octanol–water partition coefficient (Wildman–Crippen LogP) is 2.91. The van der Waals surface area contributed by atoms with E-state index in [0.717, 1.165) is 38.5 Å². The molecule has 0 aromatic carbocycles. The molecule has 1 heterocycles. The van der Waals surface area contributed by atoms with Crippen LogP contribution >= 0.6 is 0 Å². The Morgan fingerprint density at radius 2 is 1.33 bits per heavy atom. The molecule has 21 heavy (non-hydrogen) atoms. The molecule has 3 aliphatic carbocycles. The van der Waals surface area contributed by atoms with Crippen molar-refractivity contribution in [2.75, 3.05) is 0 Å². The van der Waals surface area contributed by atoms with Crippen LogP contribution < -0.4 is 0 Å². The lowest BCUT2D eigenvalue weighted by Crippen LogP contribution is -2.56. The molecule has 4 heteroatoms. The zero-order valence-electron chi connectivity index (χ0n) is 13.1. The van der Waals surface area contributed by atoms with E-state index in [4.69, 9.17) is 0 Å². The quantitative estimate of drug-likeness (QED) is 0.851. The molecule has 4 atom stereocenters. The van der Waals surface area contributed by atoms with E-state index in [9.17, 15) is 14.7 Å². The molecule has 0 aromatic rings. The summed E-state index contributed by atoms with van der Waals surface area (Å²) < 4.78 is 0. The molecule has 0 aromatic heterocycles. The predicted molar refractivity (Wildman–Crippen MR) is 79.7 cm³/mol. The Labute approximate surface area is 126 Å². The van der Waals surface area contributed by atoms with Gasteiger partial charge in [-0.25, -0.2) is 0 Å². The number of nitrogens with zero attached hydrogens (tertiary/aromatic N) is 1. The lowest BCUT2D eigenvalue weighted by Gasteiger charge is -2.49. The van der Waals surface area contributed by atoms with Crippen LogP contribution in [0.15, 0.2) is 0 Å². The van der Waals surface area contributed by atoms with Crippen LogP contribution in [0.3, 0.4) is 0 Å². The lowest BCUT2D eigenvalue weighted by atomic mass is 9.58. The summed E-state index contributed by atoms with van der Waals surface area (Å²) in [7, 11) is 0. The van der Waals surface area contributed by atoms with Crippen molar-refractivity contribution >= 4 is 11.9 Å². The van der Waals surface area contributed by atoms with Gasteiger partial charge in [0.15, 0.2) is 0 Å². The smallest absolute Gasteiger partial charge is 0.307 e. The van der Waals surface area contributed by atoms with Gasteiger partial charge in [-0.3, -0.25) is 9.59 Å². The summed E-state index contributed by atoms with van der Waals surface area (Å²) in [4.78, 5) is 26.9. The van der Waals surface area contributed by atoms with Crippen LogP contribution in [0.1, 0.15) is 58.8 Å². The molecule has 0 radical (unpaired) electrons. The zero-order valence-corrected chi connectivity index (χ0v) is 13.1. The van der Waals surface area contributed by atoms with Crippen molar-refractivity contribution in [3.05, 3.63) is 0 Å². The highest BCUT2D eigenvalue weighted by Crippen LogP contribution is 2.50. The van der Waals surface area contributed by atoms with Gasteiger partial charge < -0.3 is 10.0 Å². The van der Waals surface area contributed by atoms with Gasteiger partial charge in [0.2, 0.25) is 5.91 Å². The highest BCUT2D eigenvalue weighted by atomic mass is 16.4. The molecule has 0 spiro atoms. The largest absolute Gasteiger partial charge is 0.481 e. The number of aliphatic carboxylic acids is 1. The Bertz CT molecular complexity index is 418. The van der Waals surface area contributed by atoms with E-state index >= 15 is 0 Å². The normalized spacial score (nSPS) is 42.9. The van der Waals surface area contributed by atoms with E-state index in [-0.39, 0.29) is 29.8 Å². The molecular formula is C17H27NO3. The van der Waals surface area contributed by atoms with E-state index in [1.807, 2.05) is 4.90 Å². The van der Waals surface area contributed by atoms with Gasteiger partial charge in [-0.15, -0.1) is 0 Å². The molecule has 118 valence electrons. The van der Waals surface area contributed by atoms with E-state index in [2.05, 4.69) is 13.8 Å². The number of carboxylic acids is 1. The number of hydrogen-bond donors (Lipinski definition) is 1. The second kappa shape index (κ2) is 5.62. The van der Waals surface area contributed by atoms with Crippen molar-refractivity contribution in [3.63, 3.8) is 0 Å². The maximum Gasteiger partial charge on any atom is 0.307 e. The molecule has 1 aliphatic heterocycles. The molecule has 4 unspecified atom stereocenters. The highest BCUT2D eigenvalue weighted by Gasteiger charge is 2.52. The molecule has 1 N–H and O–H groups in total. The number of carboxylic acid groups (broad SMARTS) is 1. The zero-order chi connectivity index (χ0) is 15.1. The molecular weight excluding hydrogens is 266 g/mol. The number of fused-ring (bicyclic) bond motifs is 3. The number of carbonyl (C=O) groups excluding carboxylic acids is 1. The van der Waals surface area contributed by atoms with Crippen molar-refractivity contribution in [1.29, 1.82) is 0 Å². The second-order valence-electron chi connectivity index (χ2n) is 7.44. The minimum Gasteiger partial charge on any atom is -0.481 e. The molecule has 4 fully saturated rings. The molecule has 1 saturated heterocycles. The molecule has 3 saturated carbocycles. The van der Waals surface area contributed by atoms with Crippen LogP contribution in [0.5, 0.6) is 0 Å². The first-order valence-corrected chi connectivity index (χ1v) is 8.55. The maximum atomic E-state index is 13.1. The van der Waals surface area contributed by atoms with Crippen LogP contribution in [-0.4, -0.2) is 34.0 Å². The Balaban J connectivity index is 1.86. The van der Waals surface area contributed by atoms with Gasteiger partial charge in [0, 0.05) is 12.1 Å². The third-order valence-corrected chi connectivity index (χ3v) is 6.24. The summed E-state index contributed by atoms with van der Waals surface area (Å²) in [6.07, 6.45) is 7.35. The first kappa shape index (κ1) is 14.9. The van der Waals surface area contributed by atoms with Crippen molar-refractivity contribution in [3.8, 4) is 0 Å². The van der Waals surface area contributed by atoms with Crippen LogP contribution in [0, 0.1) is 23.7 Å². The van der Waals surface area contributed by atoms with Gasteiger partial charge in [0.25, 0.3) is 0 Å². The number of carbonyl (C=O) groups is 2. The SMILES string of the molecule is CC1CCCC(C)N1C(=O)C1C2CCC(CC2)C1C(=O)O. The van der Waals surface area contributed by atoms with Gasteiger partial charge in [-0.05, 0) is 70.6 Å². The van der Waals surface area contributed by atoms with Crippen LogP contribution in [0.4, 0.5) is 0 Å². The first-order chi connectivity index (χ1) is 10.0. The van der Waals surface area contributed by atoms with Crippen LogP contribution in [-0.2, 0) is 9.59 Å². The number of hydrogen-bond acceptors (Lipinski definition) is 2. The second-order valence-corrected chi connectivity index (χ2v) is 7.44. The fourth-order valence-electron chi connectivity index (χ4n) is 5.19. The van der Waals surface area contributed by atoms with Crippen molar-refractivity contribution < 1.29 is 14.7 Å². The monoisotopic (exact) mass is 293 g/mol. The maximum absolute atomic E-state index is 13.1. The summed E-state index contributed by atoms with van der Waals surface area (Å²) in [6, 6.07) is 0.521. The van der Waals surface area contributed by atoms with Crippen LogP contribution in [0.2, 0.25) is 0 Å². The number of amides is 1. The van der Waals surface area contributed by atoms with Gasteiger partial charge in [0.05, 0.1) is 11.8 Å². The molecule has 4 nitrogen and oxygen atoms in total. The molecule has 4 rings (SSSR count). The van der Waals surface area contributed by atoms with Crippen molar-refractivity contribution in [2.24, 2.45) is 23.7 Å². The number of piperidine rings is 1. The topological polar surface area (TPSA) is 57.6 Å². The summed E-state index contributed by atoms with van der Waals surface area (Å²) in [6.45, 7) is 4.23. The third-order valence-electron chi connectivity index (χ3n) is 6.24. The molecule has 2 bridgehead atoms. The van der Waals surface area contributed by atoms with E-state index in [1.54, 1.807) is 0 Å². The molecule has 4 aliphatic rings. The molecule has 1 amide bonds. The lowest BCUT2D eigenvalue weighted by molar-refractivity contribution is -0.165. The van der Waals surface area contributed by atoms with Gasteiger partial charge >= 0.3 is 5.97 Å². The fourth-order valence-corrected chi connectivity index (χ4v) is 5.19. The standard InChI is InChI=1S/C17H27NO3/c1-10-4-3-5-11(2)18(10)16(19)14-12-6-8-13(9-7-12)15(14)17(20)21/h10-15H,3-9H2,1-2H3,(H,20,21). The average molecular weight is 293 g/mol. The van der Waals surface area contributed by atoms with Gasteiger partial charge in [0.1, 0.15) is 0 Å². The summed E-state index contributed by atoms with van der Waals surface area (Å²) in [5, 5.41) is 9.64. The number of rotatable bonds is 2. The summed E-state index contributed by atoms with van der Waals surface area (Å²) in [5.74, 6) is -0.803. The first-order valence-electron chi connectivity index (χ1n) is 8.55. The summed E-state index contributed by atoms with van der Waals surface area (Å²) >= 11 is 0. The van der Waals surface area contributed by atoms with Crippen LogP contribution in [0.25, 0.3) is 0 Å². The highest BCUT2D eigenvalue weighted by molar-refractivity contribution is 5.86. The van der Waals surface area contributed by atoms with Crippen molar-refractivity contribution in [2.45, 2.75) is 70.9 Å². The van der Waals surface area contributed by atoms with E-state index in [1.165, 1.54) is 6.42 Å². The Morgan fingerprint density at radius 3 is 1.81 bits per heavy atom. The van der Waals surface area contributed by atoms with Crippen molar-refractivity contribution in [1.82, 2.24) is 4.90 Å². The van der Waals surface area contributed by atoms with E-state index < -0.39 is 11.9 Å².